The number of hydrogen-bond donors (Lipinski definition) is 0. The first kappa shape index (κ1) is 16.9. The van der Waals surface area contributed by atoms with Crippen LogP contribution < -0.4 is 0 Å². The van der Waals surface area contributed by atoms with E-state index >= 15 is 0 Å². The highest BCUT2D eigenvalue weighted by atomic mass is 16.2. The Morgan fingerprint density at radius 2 is 1.88 bits per heavy atom. The van der Waals surface area contributed by atoms with E-state index < -0.39 is 0 Å². The van der Waals surface area contributed by atoms with Crippen LogP contribution in [0.3, 0.4) is 0 Å². The van der Waals surface area contributed by atoms with Crippen molar-refractivity contribution >= 4 is 16.9 Å². The number of hydrogen-bond acceptors (Lipinski definition) is 3. The molecule has 2 aromatic heterocycles. The molecule has 1 aliphatic carbocycles. The summed E-state index contributed by atoms with van der Waals surface area (Å²) in [6, 6.07) is 2.28. The molecule has 2 heterocycles. The number of rotatable bonds is 2. The van der Waals surface area contributed by atoms with Crippen molar-refractivity contribution in [1.82, 2.24) is 19.4 Å². The van der Waals surface area contributed by atoms with Crippen LogP contribution in [0.2, 0.25) is 0 Å². The lowest BCUT2D eigenvalue weighted by atomic mass is 9.71. The number of nitrogens with zero attached hydrogens (tertiary/aromatic N) is 4. The summed E-state index contributed by atoms with van der Waals surface area (Å²) < 4.78 is 2.16. The second-order valence-electron chi connectivity index (χ2n) is 8.27. The maximum absolute atomic E-state index is 12.7. The quantitative estimate of drug-likeness (QED) is 0.840. The Morgan fingerprint density at radius 3 is 2.46 bits per heavy atom. The number of fused-ring (bicyclic) bond motifs is 1. The van der Waals surface area contributed by atoms with Gasteiger partial charge in [0.2, 0.25) is 0 Å². The van der Waals surface area contributed by atoms with Crippen molar-refractivity contribution in [2.24, 2.45) is 11.3 Å². The van der Waals surface area contributed by atoms with Crippen molar-refractivity contribution in [3.63, 3.8) is 0 Å². The molecule has 0 N–H and O–H groups in total. The molecule has 0 aliphatic heterocycles. The van der Waals surface area contributed by atoms with Crippen LogP contribution >= 0.6 is 0 Å². The Labute approximate surface area is 144 Å². The number of carbonyl (C=O) groups excluding carboxylic acids is 1. The summed E-state index contributed by atoms with van der Waals surface area (Å²) in [5, 5.41) is 0.945. The molecule has 0 bridgehead atoms. The third kappa shape index (κ3) is 3.04. The zero-order chi connectivity index (χ0) is 17.5. The van der Waals surface area contributed by atoms with E-state index in [1.54, 1.807) is 31.5 Å². The molecule has 0 saturated heterocycles. The monoisotopic (exact) mass is 328 g/mol. The molecule has 0 unspecified atom stereocenters. The first-order valence-electron chi connectivity index (χ1n) is 8.81. The molecule has 0 atom stereocenters. The predicted octanol–water partition coefficient (Wildman–Crippen LogP) is 3.91. The van der Waals surface area contributed by atoms with Crippen molar-refractivity contribution in [3.05, 3.63) is 24.3 Å². The molecule has 130 valence electrons. The lowest BCUT2D eigenvalue weighted by Gasteiger charge is -2.38. The summed E-state index contributed by atoms with van der Waals surface area (Å²) in [4.78, 5) is 22.9. The summed E-state index contributed by atoms with van der Waals surface area (Å²) in [5.74, 6) is 0.782. The predicted molar refractivity (Wildman–Crippen MR) is 96.0 cm³/mol. The third-order valence-electron chi connectivity index (χ3n) is 5.41. The standard InChI is InChI=1S/C19H28N4O/c1-19(2,3)14-6-8-15(9-7-14)23-16(18(24)22(4)5)10-13-11-20-12-21-17(13)23/h10-12,14-15H,6-9H2,1-5H3. The fourth-order valence-electron chi connectivity index (χ4n) is 3.93. The van der Waals surface area contributed by atoms with Crippen LogP contribution in [0.25, 0.3) is 11.0 Å². The zero-order valence-electron chi connectivity index (χ0n) is 15.4. The van der Waals surface area contributed by atoms with Gasteiger partial charge >= 0.3 is 0 Å². The van der Waals surface area contributed by atoms with Gasteiger partial charge in [0.15, 0.2) is 0 Å². The molecule has 1 saturated carbocycles. The smallest absolute Gasteiger partial charge is 0.270 e. The van der Waals surface area contributed by atoms with Gasteiger partial charge in [-0.25, -0.2) is 9.97 Å². The zero-order valence-corrected chi connectivity index (χ0v) is 15.4. The van der Waals surface area contributed by atoms with Gasteiger partial charge in [-0.2, -0.15) is 0 Å². The largest absolute Gasteiger partial charge is 0.343 e. The topological polar surface area (TPSA) is 51.0 Å². The van der Waals surface area contributed by atoms with Crippen LogP contribution in [0.15, 0.2) is 18.6 Å². The molecule has 1 aliphatic rings. The number of amides is 1. The Balaban J connectivity index is 1.97. The van der Waals surface area contributed by atoms with Gasteiger partial charge in [0, 0.05) is 31.7 Å². The third-order valence-corrected chi connectivity index (χ3v) is 5.41. The highest BCUT2D eigenvalue weighted by Gasteiger charge is 2.32. The minimum atomic E-state index is 0.0333. The summed E-state index contributed by atoms with van der Waals surface area (Å²) in [6.45, 7) is 6.99. The maximum atomic E-state index is 12.7. The van der Waals surface area contributed by atoms with E-state index in [4.69, 9.17) is 0 Å². The van der Waals surface area contributed by atoms with Crippen LogP contribution in [0.4, 0.5) is 0 Å². The SMILES string of the molecule is CN(C)C(=O)c1cc2cncnc2n1C1CCC(C(C)(C)C)CC1. The molecule has 3 rings (SSSR count). The van der Waals surface area contributed by atoms with Gasteiger partial charge in [-0.3, -0.25) is 4.79 Å². The number of carbonyl (C=O) groups is 1. The van der Waals surface area contributed by atoms with Crippen molar-refractivity contribution in [3.8, 4) is 0 Å². The van der Waals surface area contributed by atoms with Gasteiger partial charge in [-0.1, -0.05) is 20.8 Å². The van der Waals surface area contributed by atoms with E-state index in [1.165, 1.54) is 12.8 Å². The van der Waals surface area contributed by atoms with Gasteiger partial charge in [0.25, 0.3) is 5.91 Å². The molecular weight excluding hydrogens is 300 g/mol. The molecule has 5 nitrogen and oxygen atoms in total. The fraction of sp³-hybridized carbons (Fsp3) is 0.632. The lowest BCUT2D eigenvalue weighted by Crippen LogP contribution is -2.30. The highest BCUT2D eigenvalue weighted by molar-refractivity contribution is 5.97. The summed E-state index contributed by atoms with van der Waals surface area (Å²) in [6.07, 6.45) is 7.98. The molecule has 5 heteroatoms. The van der Waals surface area contributed by atoms with Crippen LogP contribution in [0.1, 0.15) is 63.0 Å². The minimum absolute atomic E-state index is 0.0333. The molecule has 0 aromatic carbocycles. The summed E-state index contributed by atoms with van der Waals surface area (Å²) >= 11 is 0. The Bertz CT molecular complexity index is 733. The van der Waals surface area contributed by atoms with Crippen LogP contribution in [-0.2, 0) is 0 Å². The Hall–Kier alpha value is -1.91. The van der Waals surface area contributed by atoms with E-state index in [-0.39, 0.29) is 5.91 Å². The van der Waals surface area contributed by atoms with E-state index in [2.05, 4.69) is 35.3 Å². The van der Waals surface area contributed by atoms with Gasteiger partial charge in [-0.15, -0.1) is 0 Å². The average Bonchev–Trinajstić information content (AvgIpc) is 2.92. The van der Waals surface area contributed by atoms with Crippen molar-refractivity contribution < 1.29 is 4.79 Å². The van der Waals surface area contributed by atoms with Crippen molar-refractivity contribution in [1.29, 1.82) is 0 Å². The van der Waals surface area contributed by atoms with E-state index in [0.29, 0.717) is 11.5 Å². The number of aromatic nitrogens is 3. The maximum Gasteiger partial charge on any atom is 0.270 e. The Kier molecular flexibility index (Phi) is 4.37. The second kappa shape index (κ2) is 6.19. The molecule has 1 amide bonds. The summed E-state index contributed by atoms with van der Waals surface area (Å²) in [5.41, 5.74) is 1.97. The van der Waals surface area contributed by atoms with Gasteiger partial charge in [0.1, 0.15) is 17.7 Å². The van der Waals surface area contributed by atoms with Gasteiger partial charge in [0.05, 0.1) is 0 Å². The first-order valence-corrected chi connectivity index (χ1v) is 8.81. The van der Waals surface area contributed by atoms with Gasteiger partial charge in [-0.05, 0) is 43.1 Å². The second-order valence-corrected chi connectivity index (χ2v) is 8.27. The molecule has 1 fully saturated rings. The Morgan fingerprint density at radius 1 is 1.21 bits per heavy atom. The molecule has 2 aromatic rings. The molecular formula is C19H28N4O. The first-order chi connectivity index (χ1) is 11.3. The molecule has 24 heavy (non-hydrogen) atoms. The molecule has 0 radical (unpaired) electrons. The van der Waals surface area contributed by atoms with Crippen molar-refractivity contribution in [2.45, 2.75) is 52.5 Å². The fourth-order valence-corrected chi connectivity index (χ4v) is 3.93. The van der Waals surface area contributed by atoms with Crippen LogP contribution in [0.5, 0.6) is 0 Å². The van der Waals surface area contributed by atoms with E-state index in [0.717, 1.165) is 35.5 Å². The minimum Gasteiger partial charge on any atom is -0.343 e. The average molecular weight is 328 g/mol. The normalized spacial score (nSPS) is 21.9. The van der Waals surface area contributed by atoms with Crippen LogP contribution in [-0.4, -0.2) is 39.4 Å². The molecule has 0 spiro atoms. The lowest BCUT2D eigenvalue weighted by molar-refractivity contribution is 0.0809. The van der Waals surface area contributed by atoms with Crippen LogP contribution in [0, 0.1) is 11.3 Å². The summed E-state index contributed by atoms with van der Waals surface area (Å²) in [7, 11) is 3.60. The van der Waals surface area contributed by atoms with Gasteiger partial charge < -0.3 is 9.47 Å². The van der Waals surface area contributed by atoms with E-state index in [1.807, 2.05) is 6.07 Å². The van der Waals surface area contributed by atoms with E-state index in [9.17, 15) is 4.79 Å². The van der Waals surface area contributed by atoms with Crippen molar-refractivity contribution in [2.75, 3.05) is 14.1 Å². The highest BCUT2D eigenvalue weighted by Crippen LogP contribution is 2.42.